The van der Waals surface area contributed by atoms with E-state index in [0.717, 1.165) is 44.0 Å². The van der Waals surface area contributed by atoms with Crippen LogP contribution in [0.2, 0.25) is 0 Å². The number of piperazine rings is 1. The average molecular weight is 398 g/mol. The molecule has 0 saturated carbocycles. The Kier molecular flexibility index (Phi) is 6.99. The zero-order valence-electron chi connectivity index (χ0n) is 17.8. The highest BCUT2D eigenvalue weighted by Gasteiger charge is 2.25. The Morgan fingerprint density at radius 1 is 1.03 bits per heavy atom. The molecule has 0 aliphatic carbocycles. The molecular formula is C23H31N3O3. The van der Waals surface area contributed by atoms with Crippen LogP contribution in [-0.2, 0) is 11.3 Å². The van der Waals surface area contributed by atoms with Gasteiger partial charge in [0, 0.05) is 44.5 Å². The molecule has 3 rings (SSSR count). The normalized spacial score (nSPS) is 15.7. The number of carbonyl (C=O) groups excluding carboxylic acids is 1. The number of nitrogens with zero attached hydrogens (tertiary/aromatic N) is 2. The van der Waals surface area contributed by atoms with E-state index < -0.39 is 0 Å². The molecule has 1 saturated heterocycles. The Hall–Kier alpha value is -2.73. The van der Waals surface area contributed by atoms with Crippen molar-refractivity contribution in [2.24, 2.45) is 0 Å². The highest BCUT2D eigenvalue weighted by atomic mass is 16.5. The monoisotopic (exact) mass is 397 g/mol. The third-order valence-electron chi connectivity index (χ3n) is 5.41. The number of methoxy groups -OCH3 is 2. The van der Waals surface area contributed by atoms with E-state index in [2.05, 4.69) is 34.5 Å². The summed E-state index contributed by atoms with van der Waals surface area (Å²) in [5.41, 5.74) is 3.20. The van der Waals surface area contributed by atoms with E-state index in [1.54, 1.807) is 14.2 Å². The summed E-state index contributed by atoms with van der Waals surface area (Å²) < 4.78 is 10.7. The lowest BCUT2D eigenvalue weighted by Crippen LogP contribution is -2.51. The predicted molar refractivity (Wildman–Crippen MR) is 116 cm³/mol. The van der Waals surface area contributed by atoms with E-state index >= 15 is 0 Å². The summed E-state index contributed by atoms with van der Waals surface area (Å²) in [6.07, 6.45) is 0. The summed E-state index contributed by atoms with van der Waals surface area (Å²) in [5.74, 6) is 1.46. The number of benzene rings is 2. The molecule has 0 radical (unpaired) electrons. The van der Waals surface area contributed by atoms with Gasteiger partial charge in [-0.25, -0.2) is 0 Å². The van der Waals surface area contributed by atoms with E-state index in [-0.39, 0.29) is 11.9 Å². The molecule has 1 atom stereocenters. The Balaban J connectivity index is 1.56. The van der Waals surface area contributed by atoms with E-state index in [9.17, 15) is 4.79 Å². The first-order chi connectivity index (χ1) is 14.0. The van der Waals surface area contributed by atoms with Gasteiger partial charge in [-0.05, 0) is 31.0 Å². The van der Waals surface area contributed by atoms with E-state index in [1.807, 2.05) is 36.9 Å². The number of hydrogen-bond acceptors (Lipinski definition) is 5. The summed E-state index contributed by atoms with van der Waals surface area (Å²) in [5, 5.41) is 3.34. The van der Waals surface area contributed by atoms with Crippen molar-refractivity contribution >= 4 is 11.6 Å². The first-order valence-electron chi connectivity index (χ1n) is 10.1. The minimum Gasteiger partial charge on any atom is -0.493 e. The van der Waals surface area contributed by atoms with Crippen LogP contribution in [0.15, 0.2) is 42.5 Å². The van der Waals surface area contributed by atoms with Crippen molar-refractivity contribution in [2.75, 3.05) is 45.7 Å². The fourth-order valence-corrected chi connectivity index (χ4v) is 3.67. The SMILES string of the molecule is COc1cc(C)c(N[C@H](C)C(=O)N2CCN(Cc3ccccc3)CC2)cc1OC. The Labute approximate surface area is 173 Å². The molecule has 1 N–H and O–H groups in total. The average Bonchev–Trinajstić information content (AvgIpc) is 2.75. The third-order valence-corrected chi connectivity index (χ3v) is 5.41. The van der Waals surface area contributed by atoms with Crippen molar-refractivity contribution in [1.29, 1.82) is 0 Å². The number of rotatable bonds is 7. The summed E-state index contributed by atoms with van der Waals surface area (Å²) >= 11 is 0. The second-order valence-electron chi connectivity index (χ2n) is 7.48. The molecule has 2 aromatic rings. The number of hydrogen-bond donors (Lipinski definition) is 1. The van der Waals surface area contributed by atoms with Crippen LogP contribution in [0.3, 0.4) is 0 Å². The summed E-state index contributed by atoms with van der Waals surface area (Å²) in [7, 11) is 3.23. The van der Waals surface area contributed by atoms with Gasteiger partial charge in [-0.15, -0.1) is 0 Å². The van der Waals surface area contributed by atoms with Gasteiger partial charge in [0.2, 0.25) is 5.91 Å². The first kappa shape index (κ1) is 21.0. The molecule has 0 bridgehead atoms. The summed E-state index contributed by atoms with van der Waals surface area (Å²) in [6, 6.07) is 14.0. The fraction of sp³-hybridized carbons (Fsp3) is 0.435. The number of nitrogens with one attached hydrogen (secondary N) is 1. The van der Waals surface area contributed by atoms with Crippen LogP contribution in [0.5, 0.6) is 11.5 Å². The lowest BCUT2D eigenvalue weighted by Gasteiger charge is -2.36. The molecule has 1 aliphatic heterocycles. The van der Waals surface area contributed by atoms with Gasteiger partial charge in [0.1, 0.15) is 6.04 Å². The number of carbonyl (C=O) groups is 1. The van der Waals surface area contributed by atoms with Crippen molar-refractivity contribution in [3.63, 3.8) is 0 Å². The maximum absolute atomic E-state index is 12.9. The van der Waals surface area contributed by atoms with Crippen LogP contribution in [0.4, 0.5) is 5.69 Å². The van der Waals surface area contributed by atoms with Crippen LogP contribution in [-0.4, -0.2) is 62.1 Å². The Morgan fingerprint density at radius 3 is 2.28 bits per heavy atom. The molecule has 0 spiro atoms. The number of ether oxygens (including phenoxy) is 2. The predicted octanol–water partition coefficient (Wildman–Crippen LogP) is 3.16. The molecule has 1 heterocycles. The molecular weight excluding hydrogens is 366 g/mol. The molecule has 1 aliphatic rings. The molecule has 29 heavy (non-hydrogen) atoms. The molecule has 2 aromatic carbocycles. The lowest BCUT2D eigenvalue weighted by molar-refractivity contribution is -0.133. The van der Waals surface area contributed by atoms with Gasteiger partial charge in [-0.3, -0.25) is 9.69 Å². The van der Waals surface area contributed by atoms with Gasteiger partial charge in [0.05, 0.1) is 14.2 Å². The molecule has 0 unspecified atom stereocenters. The van der Waals surface area contributed by atoms with E-state index in [4.69, 9.17) is 9.47 Å². The summed E-state index contributed by atoms with van der Waals surface area (Å²) in [6.45, 7) is 8.12. The van der Waals surface area contributed by atoms with Crippen molar-refractivity contribution < 1.29 is 14.3 Å². The molecule has 1 amide bonds. The minimum absolute atomic E-state index is 0.124. The highest BCUT2D eigenvalue weighted by molar-refractivity contribution is 5.85. The van der Waals surface area contributed by atoms with E-state index in [1.165, 1.54) is 5.56 Å². The van der Waals surface area contributed by atoms with Gasteiger partial charge in [0.25, 0.3) is 0 Å². The minimum atomic E-state index is -0.313. The van der Waals surface area contributed by atoms with E-state index in [0.29, 0.717) is 11.5 Å². The van der Waals surface area contributed by atoms with Gasteiger partial charge in [-0.1, -0.05) is 30.3 Å². The van der Waals surface area contributed by atoms with Gasteiger partial charge < -0.3 is 19.7 Å². The molecule has 6 heteroatoms. The van der Waals surface area contributed by atoms with Crippen LogP contribution < -0.4 is 14.8 Å². The standard InChI is InChI=1S/C23H31N3O3/c1-17-14-21(28-3)22(29-4)15-20(17)24-18(2)23(27)26-12-10-25(11-13-26)16-19-8-6-5-7-9-19/h5-9,14-15,18,24H,10-13,16H2,1-4H3/t18-/m1/s1. The van der Waals surface area contributed by atoms with Crippen LogP contribution in [0.1, 0.15) is 18.1 Å². The maximum Gasteiger partial charge on any atom is 0.244 e. The second kappa shape index (κ2) is 9.65. The lowest BCUT2D eigenvalue weighted by atomic mass is 10.1. The van der Waals surface area contributed by atoms with Gasteiger partial charge in [0.15, 0.2) is 11.5 Å². The molecule has 156 valence electrons. The highest BCUT2D eigenvalue weighted by Crippen LogP contribution is 2.33. The Bertz CT molecular complexity index is 818. The second-order valence-corrected chi connectivity index (χ2v) is 7.48. The molecule has 0 aromatic heterocycles. The Morgan fingerprint density at radius 2 is 1.66 bits per heavy atom. The molecule has 1 fully saturated rings. The number of anilines is 1. The van der Waals surface area contributed by atoms with Gasteiger partial charge >= 0.3 is 0 Å². The van der Waals surface area contributed by atoms with Crippen molar-refractivity contribution in [2.45, 2.75) is 26.4 Å². The molecule has 6 nitrogen and oxygen atoms in total. The topological polar surface area (TPSA) is 54.0 Å². The van der Waals surface area contributed by atoms with Crippen molar-refractivity contribution in [3.8, 4) is 11.5 Å². The zero-order valence-corrected chi connectivity index (χ0v) is 17.8. The largest absolute Gasteiger partial charge is 0.493 e. The maximum atomic E-state index is 12.9. The van der Waals surface area contributed by atoms with Crippen molar-refractivity contribution in [3.05, 3.63) is 53.6 Å². The third kappa shape index (κ3) is 5.21. The number of amides is 1. The zero-order chi connectivity index (χ0) is 20.8. The smallest absolute Gasteiger partial charge is 0.244 e. The summed E-state index contributed by atoms with van der Waals surface area (Å²) in [4.78, 5) is 17.3. The van der Waals surface area contributed by atoms with Gasteiger partial charge in [-0.2, -0.15) is 0 Å². The quantitative estimate of drug-likeness (QED) is 0.778. The fourth-order valence-electron chi connectivity index (χ4n) is 3.67. The van der Waals surface area contributed by atoms with Crippen molar-refractivity contribution in [1.82, 2.24) is 9.80 Å². The number of aryl methyl sites for hydroxylation is 1. The van der Waals surface area contributed by atoms with Crippen LogP contribution >= 0.6 is 0 Å². The first-order valence-corrected chi connectivity index (χ1v) is 10.1. The van der Waals surface area contributed by atoms with Crippen LogP contribution in [0.25, 0.3) is 0 Å². The van der Waals surface area contributed by atoms with Crippen LogP contribution in [0, 0.1) is 6.92 Å².